The van der Waals surface area contributed by atoms with Crippen molar-refractivity contribution in [1.29, 1.82) is 0 Å². The van der Waals surface area contributed by atoms with Crippen molar-refractivity contribution in [2.24, 2.45) is 0 Å². The molecular formula is C23H28. The molecule has 0 aliphatic heterocycles. The number of fused-ring (bicyclic) bond motifs is 2. The monoisotopic (exact) mass is 304 g/mol. The summed E-state index contributed by atoms with van der Waals surface area (Å²) in [4.78, 5) is 0. The zero-order valence-corrected chi connectivity index (χ0v) is 14.6. The molecule has 3 aromatic carbocycles. The van der Waals surface area contributed by atoms with Crippen molar-refractivity contribution >= 4 is 21.5 Å². The van der Waals surface area contributed by atoms with Gasteiger partial charge in [0.2, 0.25) is 0 Å². The minimum absolute atomic E-state index is 1.22. The maximum absolute atomic E-state index is 2.42. The Balaban J connectivity index is 2.10. The van der Waals surface area contributed by atoms with Crippen molar-refractivity contribution in [2.75, 3.05) is 0 Å². The van der Waals surface area contributed by atoms with Gasteiger partial charge in [-0.1, -0.05) is 69.5 Å². The Morgan fingerprint density at radius 2 is 1.39 bits per heavy atom. The van der Waals surface area contributed by atoms with Crippen LogP contribution in [-0.2, 0) is 12.8 Å². The molecule has 120 valence electrons. The summed E-state index contributed by atoms with van der Waals surface area (Å²) in [6.45, 7) is 4.57. The van der Waals surface area contributed by atoms with Gasteiger partial charge in [0, 0.05) is 0 Å². The number of rotatable bonds is 7. The van der Waals surface area contributed by atoms with Crippen molar-refractivity contribution in [2.45, 2.75) is 58.8 Å². The molecule has 0 aromatic heterocycles. The number of benzene rings is 3. The molecule has 0 saturated heterocycles. The van der Waals surface area contributed by atoms with Crippen LogP contribution >= 0.6 is 0 Å². The maximum Gasteiger partial charge on any atom is -0.0143 e. The zero-order valence-electron chi connectivity index (χ0n) is 14.6. The number of hydrogen-bond donors (Lipinski definition) is 0. The van der Waals surface area contributed by atoms with Crippen molar-refractivity contribution in [1.82, 2.24) is 0 Å². The Kier molecular flexibility index (Phi) is 5.33. The van der Waals surface area contributed by atoms with E-state index in [1.807, 2.05) is 0 Å². The van der Waals surface area contributed by atoms with Crippen molar-refractivity contribution in [3.63, 3.8) is 0 Å². The summed E-state index contributed by atoms with van der Waals surface area (Å²) in [5, 5.41) is 5.59. The molecule has 0 radical (unpaired) electrons. The van der Waals surface area contributed by atoms with Crippen molar-refractivity contribution in [3.8, 4) is 0 Å². The highest BCUT2D eigenvalue weighted by atomic mass is 14.1. The summed E-state index contributed by atoms with van der Waals surface area (Å²) in [6.07, 6.45) is 8.93. The maximum atomic E-state index is 2.42. The topological polar surface area (TPSA) is 0 Å². The van der Waals surface area contributed by atoms with Crippen LogP contribution in [0.3, 0.4) is 0 Å². The Bertz CT molecular complexity index is 782. The van der Waals surface area contributed by atoms with E-state index in [4.69, 9.17) is 0 Å². The predicted molar refractivity (Wildman–Crippen MR) is 103 cm³/mol. The van der Waals surface area contributed by atoms with Crippen LogP contribution in [0.2, 0.25) is 0 Å². The van der Waals surface area contributed by atoms with E-state index in [-0.39, 0.29) is 0 Å². The minimum Gasteiger partial charge on any atom is -0.0654 e. The molecule has 0 fully saturated rings. The van der Waals surface area contributed by atoms with E-state index in [0.717, 1.165) is 0 Å². The molecule has 0 heterocycles. The summed E-state index contributed by atoms with van der Waals surface area (Å²) < 4.78 is 0. The van der Waals surface area contributed by atoms with Crippen LogP contribution in [0.25, 0.3) is 21.5 Å². The fraction of sp³-hybridized carbons (Fsp3) is 0.391. The van der Waals surface area contributed by atoms with Crippen LogP contribution in [0.1, 0.15) is 57.1 Å². The van der Waals surface area contributed by atoms with Crippen LogP contribution in [0.5, 0.6) is 0 Å². The highest BCUT2D eigenvalue weighted by Crippen LogP contribution is 2.29. The van der Waals surface area contributed by atoms with Crippen LogP contribution in [-0.4, -0.2) is 0 Å². The lowest BCUT2D eigenvalue weighted by Crippen LogP contribution is -1.97. The number of aryl methyl sites for hydroxylation is 2. The summed E-state index contributed by atoms with van der Waals surface area (Å²) in [5.74, 6) is 0. The van der Waals surface area contributed by atoms with Crippen LogP contribution in [0.4, 0.5) is 0 Å². The molecule has 0 aliphatic rings. The molecule has 0 unspecified atom stereocenters. The second-order valence-corrected chi connectivity index (χ2v) is 6.68. The van der Waals surface area contributed by atoms with Gasteiger partial charge < -0.3 is 0 Å². The number of hydrogen-bond acceptors (Lipinski definition) is 0. The SMILES string of the molecule is CCCCCc1c(CCCC)ccc2cc3ccccc3cc12. The lowest BCUT2D eigenvalue weighted by molar-refractivity contribution is 0.710. The van der Waals surface area contributed by atoms with E-state index >= 15 is 0 Å². The second kappa shape index (κ2) is 7.64. The third-order valence-corrected chi connectivity index (χ3v) is 4.92. The largest absolute Gasteiger partial charge is 0.0654 e. The molecule has 0 spiro atoms. The molecule has 0 amide bonds. The van der Waals surface area contributed by atoms with E-state index in [9.17, 15) is 0 Å². The Hall–Kier alpha value is -1.82. The lowest BCUT2D eigenvalue weighted by Gasteiger charge is -2.14. The molecule has 0 heteroatoms. The summed E-state index contributed by atoms with van der Waals surface area (Å²) >= 11 is 0. The normalized spacial score (nSPS) is 11.4. The van der Waals surface area contributed by atoms with Crippen molar-refractivity contribution < 1.29 is 0 Å². The van der Waals surface area contributed by atoms with E-state index < -0.39 is 0 Å². The van der Waals surface area contributed by atoms with Gasteiger partial charge in [-0.05, 0) is 70.5 Å². The van der Waals surface area contributed by atoms with Gasteiger partial charge in [0.25, 0.3) is 0 Å². The van der Waals surface area contributed by atoms with E-state index in [2.05, 4.69) is 62.4 Å². The predicted octanol–water partition coefficient (Wildman–Crippen LogP) is 7.07. The van der Waals surface area contributed by atoms with Crippen molar-refractivity contribution in [3.05, 3.63) is 59.7 Å². The molecule has 3 aromatic rings. The van der Waals surface area contributed by atoms with Gasteiger partial charge in [0.1, 0.15) is 0 Å². The van der Waals surface area contributed by atoms with Gasteiger partial charge in [0.15, 0.2) is 0 Å². The summed E-state index contributed by atoms with van der Waals surface area (Å²) in [5.41, 5.74) is 3.18. The number of unbranched alkanes of at least 4 members (excludes halogenated alkanes) is 3. The Morgan fingerprint density at radius 3 is 2.13 bits per heavy atom. The first-order valence-electron chi connectivity index (χ1n) is 9.26. The highest BCUT2D eigenvalue weighted by molar-refractivity contribution is 6.00. The quantitative estimate of drug-likeness (QED) is 0.323. The molecular weight excluding hydrogens is 276 g/mol. The summed E-state index contributed by atoms with van der Waals surface area (Å²) in [6, 6.07) is 18.2. The minimum atomic E-state index is 1.22. The lowest BCUT2D eigenvalue weighted by atomic mass is 9.91. The average Bonchev–Trinajstić information content (AvgIpc) is 2.59. The first-order chi connectivity index (χ1) is 11.3. The fourth-order valence-electron chi connectivity index (χ4n) is 3.57. The van der Waals surface area contributed by atoms with E-state index in [1.165, 1.54) is 66.5 Å². The molecule has 0 N–H and O–H groups in total. The molecule has 23 heavy (non-hydrogen) atoms. The van der Waals surface area contributed by atoms with E-state index in [1.54, 1.807) is 11.1 Å². The molecule has 0 bridgehead atoms. The van der Waals surface area contributed by atoms with E-state index in [0.29, 0.717) is 0 Å². The highest BCUT2D eigenvalue weighted by Gasteiger charge is 2.09. The first-order valence-corrected chi connectivity index (χ1v) is 9.26. The second-order valence-electron chi connectivity index (χ2n) is 6.68. The Morgan fingerprint density at radius 1 is 0.652 bits per heavy atom. The van der Waals surface area contributed by atoms with Gasteiger partial charge in [-0.25, -0.2) is 0 Å². The third-order valence-electron chi connectivity index (χ3n) is 4.92. The van der Waals surface area contributed by atoms with Gasteiger partial charge in [-0.2, -0.15) is 0 Å². The molecule has 0 atom stereocenters. The van der Waals surface area contributed by atoms with Gasteiger partial charge in [-0.15, -0.1) is 0 Å². The molecule has 3 rings (SSSR count). The average molecular weight is 304 g/mol. The van der Waals surface area contributed by atoms with Crippen LogP contribution in [0, 0.1) is 0 Å². The summed E-state index contributed by atoms with van der Waals surface area (Å²) in [7, 11) is 0. The standard InChI is InChI=1S/C23H28/c1-3-5-7-13-22-18(10-6-4-2)14-15-21-16-19-11-8-9-12-20(19)17-23(21)22/h8-9,11-12,14-17H,3-7,10,13H2,1-2H3. The fourth-order valence-corrected chi connectivity index (χ4v) is 3.57. The van der Waals surface area contributed by atoms with Crippen LogP contribution in [0.15, 0.2) is 48.5 Å². The third kappa shape index (κ3) is 3.58. The Labute approximate surface area is 140 Å². The van der Waals surface area contributed by atoms with Crippen LogP contribution < -0.4 is 0 Å². The molecule has 0 nitrogen and oxygen atoms in total. The molecule has 0 aliphatic carbocycles. The first kappa shape index (κ1) is 16.1. The van der Waals surface area contributed by atoms with Gasteiger partial charge >= 0.3 is 0 Å². The molecule has 0 saturated carbocycles. The smallest absolute Gasteiger partial charge is 0.0143 e. The zero-order chi connectivity index (χ0) is 16.1. The van der Waals surface area contributed by atoms with Gasteiger partial charge in [-0.3, -0.25) is 0 Å². The van der Waals surface area contributed by atoms with Gasteiger partial charge in [0.05, 0.1) is 0 Å².